The second-order valence-electron chi connectivity index (χ2n) is 8.83. The number of rotatable bonds is 5. The van der Waals surface area contributed by atoms with Gasteiger partial charge < -0.3 is 19.9 Å². The van der Waals surface area contributed by atoms with Gasteiger partial charge in [0.1, 0.15) is 17.3 Å². The number of amides is 2. The van der Waals surface area contributed by atoms with Crippen LogP contribution in [0.2, 0.25) is 5.02 Å². The van der Waals surface area contributed by atoms with E-state index >= 15 is 0 Å². The Balaban J connectivity index is 1.54. The molecule has 0 aliphatic carbocycles. The number of H-pyrrole nitrogens is 1. The normalized spacial score (nSPS) is 14.0. The van der Waals surface area contributed by atoms with Crippen LogP contribution in [0.25, 0.3) is 11.4 Å². The smallest absolute Gasteiger partial charge is 0.432 e. The standard InChI is InChI=1S/C27H24ClF3N4O3/c1-17(36)35-11-9-19(10-12-35)16-38-23-7-6-20(26-32-15-24(34-26)27(29,30)31)14-22(23)33-25(37)8-5-18-3-2-4-21(28)13-18/h2-4,6-7,13-15,19H,9-12,16H2,1H3,(H,32,34)(H,33,37). The van der Waals surface area contributed by atoms with Gasteiger partial charge in [0, 0.05) is 42.1 Å². The molecule has 0 atom stereocenters. The number of nitrogens with zero attached hydrogens (tertiary/aromatic N) is 2. The highest BCUT2D eigenvalue weighted by Crippen LogP contribution is 2.33. The van der Waals surface area contributed by atoms with Crippen molar-refractivity contribution in [3.05, 3.63) is 64.9 Å². The van der Waals surface area contributed by atoms with Crippen LogP contribution in [0.15, 0.2) is 48.7 Å². The number of nitrogens with one attached hydrogen (secondary N) is 2. The first kappa shape index (κ1) is 27.1. The number of benzene rings is 2. The number of carbonyl (C=O) groups excluding carboxylic acids is 2. The van der Waals surface area contributed by atoms with Crippen molar-refractivity contribution in [1.82, 2.24) is 14.9 Å². The molecule has 0 saturated carbocycles. The van der Waals surface area contributed by atoms with Crippen LogP contribution in [0.4, 0.5) is 18.9 Å². The lowest BCUT2D eigenvalue weighted by Gasteiger charge is -2.31. The van der Waals surface area contributed by atoms with Gasteiger partial charge in [0.05, 0.1) is 18.5 Å². The third-order valence-corrected chi connectivity index (χ3v) is 6.30. The van der Waals surface area contributed by atoms with E-state index < -0.39 is 17.8 Å². The van der Waals surface area contributed by atoms with Gasteiger partial charge >= 0.3 is 12.1 Å². The quantitative estimate of drug-likeness (QED) is 0.422. The van der Waals surface area contributed by atoms with Gasteiger partial charge in [-0.05, 0) is 55.2 Å². The molecule has 0 radical (unpaired) electrons. The van der Waals surface area contributed by atoms with Crippen molar-refractivity contribution in [2.45, 2.75) is 25.9 Å². The zero-order chi connectivity index (χ0) is 27.3. The molecule has 7 nitrogen and oxygen atoms in total. The fraction of sp³-hybridized carbons (Fsp3) is 0.296. The molecule has 2 heterocycles. The van der Waals surface area contributed by atoms with Gasteiger partial charge in [-0.25, -0.2) is 4.98 Å². The van der Waals surface area contributed by atoms with E-state index in [2.05, 4.69) is 27.1 Å². The first-order valence-corrected chi connectivity index (χ1v) is 12.2. The third-order valence-electron chi connectivity index (χ3n) is 6.06. The summed E-state index contributed by atoms with van der Waals surface area (Å²) in [6.45, 7) is 3.18. The number of imidazole rings is 1. The molecule has 38 heavy (non-hydrogen) atoms. The maximum Gasteiger partial charge on any atom is 0.432 e. The number of anilines is 1. The summed E-state index contributed by atoms with van der Waals surface area (Å²) in [6.07, 6.45) is -2.31. The Bertz CT molecular complexity index is 1390. The highest BCUT2D eigenvalue weighted by Gasteiger charge is 2.33. The fourth-order valence-corrected chi connectivity index (χ4v) is 4.17. The number of ether oxygens (including phenoxy) is 1. The molecule has 0 spiro atoms. The number of alkyl halides is 3. The molecule has 2 amide bonds. The van der Waals surface area contributed by atoms with Crippen molar-refractivity contribution < 1.29 is 27.5 Å². The monoisotopic (exact) mass is 544 g/mol. The average Bonchev–Trinajstić information content (AvgIpc) is 3.38. The number of aromatic amines is 1. The van der Waals surface area contributed by atoms with Gasteiger partial charge in [-0.2, -0.15) is 13.2 Å². The highest BCUT2D eigenvalue weighted by atomic mass is 35.5. The Morgan fingerprint density at radius 3 is 2.63 bits per heavy atom. The number of piperidine rings is 1. The summed E-state index contributed by atoms with van der Waals surface area (Å²) in [4.78, 5) is 32.1. The average molecular weight is 545 g/mol. The number of carbonyl (C=O) groups is 2. The molecule has 2 N–H and O–H groups in total. The highest BCUT2D eigenvalue weighted by molar-refractivity contribution is 6.30. The van der Waals surface area contributed by atoms with Crippen molar-refractivity contribution in [3.8, 4) is 29.0 Å². The maximum atomic E-state index is 13.0. The Labute approximate surface area is 222 Å². The van der Waals surface area contributed by atoms with Crippen LogP contribution in [0.3, 0.4) is 0 Å². The molecule has 2 aromatic carbocycles. The molecule has 0 bridgehead atoms. The van der Waals surface area contributed by atoms with Gasteiger partial charge in [-0.15, -0.1) is 0 Å². The van der Waals surface area contributed by atoms with Crippen molar-refractivity contribution in [2.75, 3.05) is 25.0 Å². The van der Waals surface area contributed by atoms with Crippen molar-refractivity contribution in [1.29, 1.82) is 0 Å². The van der Waals surface area contributed by atoms with Crippen LogP contribution in [0.5, 0.6) is 5.75 Å². The zero-order valence-corrected chi connectivity index (χ0v) is 21.1. The molecule has 1 aliphatic heterocycles. The predicted octanol–water partition coefficient (Wildman–Crippen LogP) is 5.38. The fourth-order valence-electron chi connectivity index (χ4n) is 3.98. The minimum absolute atomic E-state index is 0.0130. The number of likely N-dealkylation sites (tertiary alicyclic amines) is 1. The number of aromatic nitrogens is 2. The first-order chi connectivity index (χ1) is 18.1. The summed E-state index contributed by atoms with van der Waals surface area (Å²) >= 11 is 5.95. The summed E-state index contributed by atoms with van der Waals surface area (Å²) in [6, 6.07) is 11.3. The molecule has 1 saturated heterocycles. The van der Waals surface area contributed by atoms with E-state index in [1.165, 1.54) is 6.07 Å². The molecular formula is C27H24ClF3N4O3. The van der Waals surface area contributed by atoms with Gasteiger partial charge in [-0.3, -0.25) is 9.59 Å². The van der Waals surface area contributed by atoms with E-state index in [0.717, 1.165) is 12.8 Å². The summed E-state index contributed by atoms with van der Waals surface area (Å²) in [5.74, 6) is 5.13. The lowest BCUT2D eigenvalue weighted by molar-refractivity contribution is -0.140. The van der Waals surface area contributed by atoms with Crippen LogP contribution < -0.4 is 10.1 Å². The molecule has 1 fully saturated rings. The second-order valence-corrected chi connectivity index (χ2v) is 9.27. The Morgan fingerprint density at radius 1 is 1.21 bits per heavy atom. The van der Waals surface area contributed by atoms with E-state index in [0.29, 0.717) is 47.8 Å². The molecular weight excluding hydrogens is 521 g/mol. The van der Waals surface area contributed by atoms with Gasteiger partial charge in [0.25, 0.3) is 0 Å². The number of hydrogen-bond acceptors (Lipinski definition) is 4. The summed E-state index contributed by atoms with van der Waals surface area (Å²) in [5.41, 5.74) is 0.118. The Morgan fingerprint density at radius 2 is 1.97 bits per heavy atom. The minimum atomic E-state index is -4.57. The van der Waals surface area contributed by atoms with E-state index in [1.54, 1.807) is 48.2 Å². The lowest BCUT2D eigenvalue weighted by Crippen LogP contribution is -2.38. The second kappa shape index (κ2) is 11.6. The lowest BCUT2D eigenvalue weighted by atomic mass is 9.98. The maximum absolute atomic E-state index is 13.0. The van der Waals surface area contributed by atoms with Gasteiger partial charge in [0.15, 0.2) is 0 Å². The van der Waals surface area contributed by atoms with Crippen LogP contribution in [0.1, 0.15) is 31.0 Å². The van der Waals surface area contributed by atoms with Crippen molar-refractivity contribution >= 4 is 29.1 Å². The van der Waals surface area contributed by atoms with E-state index in [1.807, 2.05) is 0 Å². The van der Waals surface area contributed by atoms with Gasteiger partial charge in [-0.1, -0.05) is 23.6 Å². The summed E-state index contributed by atoms with van der Waals surface area (Å²) in [7, 11) is 0. The van der Waals surface area contributed by atoms with Crippen molar-refractivity contribution in [2.24, 2.45) is 5.92 Å². The minimum Gasteiger partial charge on any atom is -0.491 e. The number of hydrogen-bond donors (Lipinski definition) is 2. The molecule has 0 unspecified atom stereocenters. The van der Waals surface area contributed by atoms with Crippen molar-refractivity contribution in [3.63, 3.8) is 0 Å². The number of halogens is 4. The van der Waals surface area contributed by atoms with Crippen LogP contribution >= 0.6 is 11.6 Å². The van der Waals surface area contributed by atoms with E-state index in [4.69, 9.17) is 16.3 Å². The van der Waals surface area contributed by atoms with Crippen LogP contribution in [0, 0.1) is 17.8 Å². The Hall–Kier alpha value is -3.97. The molecule has 11 heteroatoms. The first-order valence-electron chi connectivity index (χ1n) is 11.8. The molecule has 1 aliphatic rings. The van der Waals surface area contributed by atoms with E-state index in [-0.39, 0.29) is 23.3 Å². The summed E-state index contributed by atoms with van der Waals surface area (Å²) in [5, 5.41) is 3.14. The summed E-state index contributed by atoms with van der Waals surface area (Å²) < 4.78 is 45.1. The largest absolute Gasteiger partial charge is 0.491 e. The van der Waals surface area contributed by atoms with Crippen LogP contribution in [-0.2, 0) is 15.8 Å². The van der Waals surface area contributed by atoms with Crippen LogP contribution in [-0.4, -0.2) is 46.4 Å². The SMILES string of the molecule is CC(=O)N1CCC(COc2ccc(-c3ncc(C(F)(F)F)[nH]3)cc2NC(=O)C#Cc2cccc(Cl)c2)CC1. The molecule has 4 rings (SSSR count). The molecule has 3 aromatic rings. The Kier molecular flexibility index (Phi) is 8.27. The molecule has 1 aromatic heterocycles. The molecule has 198 valence electrons. The zero-order valence-electron chi connectivity index (χ0n) is 20.4. The predicted molar refractivity (Wildman–Crippen MR) is 136 cm³/mol. The van der Waals surface area contributed by atoms with Gasteiger partial charge in [0.2, 0.25) is 5.91 Å². The topological polar surface area (TPSA) is 87.3 Å². The van der Waals surface area contributed by atoms with E-state index in [9.17, 15) is 22.8 Å². The third kappa shape index (κ3) is 7.07.